The van der Waals surface area contributed by atoms with Gasteiger partial charge < -0.3 is 4.74 Å². The van der Waals surface area contributed by atoms with Gasteiger partial charge in [0.2, 0.25) is 0 Å². The Labute approximate surface area is 110 Å². The zero-order valence-corrected chi connectivity index (χ0v) is 12.7. The highest BCUT2D eigenvalue weighted by Gasteiger charge is 2.68. The summed E-state index contributed by atoms with van der Waals surface area (Å²) in [6.45, 7) is 9.18. The van der Waals surface area contributed by atoms with E-state index in [1.165, 1.54) is 5.56 Å². The average Bonchev–Trinajstić information content (AvgIpc) is 3.06. The molecule has 0 radical (unpaired) electrons. The lowest BCUT2D eigenvalue weighted by atomic mass is 10.1. The molecule has 0 aliphatic heterocycles. The Hall–Kier alpha value is -1.09. The number of esters is 1. The van der Waals surface area contributed by atoms with Gasteiger partial charge in [-0.15, -0.1) is 0 Å². The summed E-state index contributed by atoms with van der Waals surface area (Å²) in [6, 6.07) is 10.4. The lowest BCUT2D eigenvalue weighted by Crippen LogP contribution is -2.37. The second-order valence-electron chi connectivity index (χ2n) is 6.11. The minimum atomic E-state index is -1.59. The highest BCUT2D eigenvalue weighted by Crippen LogP contribution is 2.71. The van der Waals surface area contributed by atoms with Crippen molar-refractivity contribution in [2.45, 2.75) is 43.9 Å². The molecule has 2 nitrogen and oxygen atoms in total. The molecule has 2 rings (SSSR count). The van der Waals surface area contributed by atoms with Gasteiger partial charge in [-0.2, -0.15) is 0 Å². The number of hydrogen-bond donors (Lipinski definition) is 0. The van der Waals surface area contributed by atoms with Crippen molar-refractivity contribution in [1.82, 2.24) is 0 Å². The van der Waals surface area contributed by atoms with Crippen molar-refractivity contribution in [3.05, 3.63) is 35.9 Å². The number of carbonyl (C=O) groups is 1. The highest BCUT2D eigenvalue weighted by atomic mass is 28.3. The van der Waals surface area contributed by atoms with E-state index in [9.17, 15) is 4.79 Å². The Morgan fingerprint density at radius 1 is 1.33 bits per heavy atom. The number of ether oxygens (including phenoxy) is 1. The van der Waals surface area contributed by atoms with E-state index in [0.717, 1.165) is 6.42 Å². The van der Waals surface area contributed by atoms with Crippen molar-refractivity contribution < 1.29 is 9.53 Å². The van der Waals surface area contributed by atoms with Crippen LogP contribution in [0.25, 0.3) is 0 Å². The Morgan fingerprint density at radius 3 is 2.44 bits per heavy atom. The van der Waals surface area contributed by atoms with Crippen LogP contribution in [0.2, 0.25) is 24.7 Å². The van der Waals surface area contributed by atoms with Gasteiger partial charge in [0, 0.05) is 0 Å². The fraction of sp³-hybridized carbons (Fsp3) is 0.533. The molecule has 1 aliphatic rings. The van der Waals surface area contributed by atoms with Crippen LogP contribution in [0.1, 0.15) is 24.8 Å². The molecule has 18 heavy (non-hydrogen) atoms. The quantitative estimate of drug-likeness (QED) is 0.609. The van der Waals surface area contributed by atoms with Crippen LogP contribution in [0.5, 0.6) is 0 Å². The van der Waals surface area contributed by atoms with E-state index in [2.05, 4.69) is 31.8 Å². The summed E-state index contributed by atoms with van der Waals surface area (Å²) in [5.41, 5.74) is 1.29. The normalized spacial score (nSPS) is 26.8. The van der Waals surface area contributed by atoms with Crippen LogP contribution in [0.4, 0.5) is 0 Å². The van der Waals surface area contributed by atoms with Gasteiger partial charge in [0.15, 0.2) is 0 Å². The van der Waals surface area contributed by atoms with Crippen LogP contribution >= 0.6 is 0 Å². The highest BCUT2D eigenvalue weighted by molar-refractivity contribution is 6.83. The van der Waals surface area contributed by atoms with E-state index in [0.29, 0.717) is 12.5 Å². The fourth-order valence-electron chi connectivity index (χ4n) is 2.97. The molecule has 0 saturated heterocycles. The maximum absolute atomic E-state index is 12.4. The lowest BCUT2D eigenvalue weighted by Gasteiger charge is -2.28. The van der Waals surface area contributed by atoms with E-state index < -0.39 is 8.07 Å². The molecule has 1 aromatic carbocycles. The molecule has 3 heteroatoms. The maximum Gasteiger partial charge on any atom is 0.309 e. The van der Waals surface area contributed by atoms with Gasteiger partial charge in [-0.05, 0) is 24.8 Å². The first kappa shape index (κ1) is 13.3. The summed E-state index contributed by atoms with van der Waals surface area (Å²) in [5.74, 6) is 0.391. The van der Waals surface area contributed by atoms with Gasteiger partial charge in [0.05, 0.1) is 19.7 Å². The molecular formula is C15H22O2Si. The van der Waals surface area contributed by atoms with E-state index in [-0.39, 0.29) is 11.0 Å². The van der Waals surface area contributed by atoms with E-state index >= 15 is 0 Å². The smallest absolute Gasteiger partial charge is 0.309 e. The molecule has 2 atom stereocenters. The van der Waals surface area contributed by atoms with Crippen LogP contribution in [0.3, 0.4) is 0 Å². The molecule has 0 N–H and O–H groups in total. The van der Waals surface area contributed by atoms with Crippen molar-refractivity contribution in [2.24, 2.45) is 0 Å². The Balaban J connectivity index is 2.30. The summed E-state index contributed by atoms with van der Waals surface area (Å²) in [6.07, 6.45) is 0.964. The van der Waals surface area contributed by atoms with E-state index in [1.54, 1.807) is 0 Å². The first-order chi connectivity index (χ1) is 8.43. The number of rotatable bonds is 4. The third-order valence-electron chi connectivity index (χ3n) is 4.14. The number of hydrogen-bond acceptors (Lipinski definition) is 2. The molecule has 0 bridgehead atoms. The maximum atomic E-state index is 12.4. The first-order valence-corrected chi connectivity index (χ1v) is 10.2. The number of benzene rings is 1. The predicted molar refractivity (Wildman–Crippen MR) is 76.5 cm³/mol. The first-order valence-electron chi connectivity index (χ1n) is 6.65. The van der Waals surface area contributed by atoms with Crippen molar-refractivity contribution in [3.63, 3.8) is 0 Å². The Bertz CT molecular complexity index is 436. The largest absolute Gasteiger partial charge is 0.466 e. The molecule has 1 aromatic rings. The van der Waals surface area contributed by atoms with Gasteiger partial charge in [-0.1, -0.05) is 50.0 Å². The molecule has 98 valence electrons. The lowest BCUT2D eigenvalue weighted by molar-refractivity contribution is -0.144. The second-order valence-corrected chi connectivity index (χ2v) is 11.5. The van der Waals surface area contributed by atoms with Crippen LogP contribution < -0.4 is 0 Å². The van der Waals surface area contributed by atoms with Gasteiger partial charge in [-0.25, -0.2) is 0 Å². The third-order valence-corrected chi connectivity index (χ3v) is 7.57. The van der Waals surface area contributed by atoms with Crippen LogP contribution in [0.15, 0.2) is 30.3 Å². The molecule has 1 aliphatic carbocycles. The SMILES string of the molecule is CCOC(=O)[C@]1([Si](C)(C)C)C[C@@H]1c1ccccc1. The number of carbonyl (C=O) groups excluding carboxylic acids is 1. The summed E-state index contributed by atoms with van der Waals surface area (Å²) in [5, 5.41) is -0.204. The van der Waals surface area contributed by atoms with Gasteiger partial charge in [0.25, 0.3) is 0 Å². The molecule has 0 unspecified atom stereocenters. The molecule has 0 spiro atoms. The summed E-state index contributed by atoms with van der Waals surface area (Å²) < 4.78 is 5.34. The zero-order valence-electron chi connectivity index (χ0n) is 11.7. The molecular weight excluding hydrogens is 240 g/mol. The second kappa shape index (κ2) is 4.54. The van der Waals surface area contributed by atoms with Crippen molar-refractivity contribution in [2.75, 3.05) is 6.61 Å². The fourth-order valence-corrected chi connectivity index (χ4v) is 5.68. The van der Waals surface area contributed by atoms with Gasteiger partial charge >= 0.3 is 5.97 Å². The van der Waals surface area contributed by atoms with Crippen LogP contribution in [0, 0.1) is 0 Å². The van der Waals surface area contributed by atoms with Crippen molar-refractivity contribution in [1.29, 1.82) is 0 Å². The van der Waals surface area contributed by atoms with E-state index in [4.69, 9.17) is 4.74 Å². The molecule has 1 saturated carbocycles. The minimum Gasteiger partial charge on any atom is -0.466 e. The molecule has 1 fully saturated rings. The summed E-state index contributed by atoms with van der Waals surface area (Å²) in [7, 11) is -1.59. The predicted octanol–water partition coefficient (Wildman–Crippen LogP) is 3.82. The third kappa shape index (κ3) is 2.01. The van der Waals surface area contributed by atoms with Crippen LogP contribution in [-0.2, 0) is 9.53 Å². The Morgan fingerprint density at radius 2 is 1.94 bits per heavy atom. The van der Waals surface area contributed by atoms with Crippen molar-refractivity contribution in [3.8, 4) is 0 Å². The topological polar surface area (TPSA) is 26.3 Å². The van der Waals surface area contributed by atoms with Crippen LogP contribution in [-0.4, -0.2) is 20.7 Å². The van der Waals surface area contributed by atoms with Crippen molar-refractivity contribution >= 4 is 14.0 Å². The summed E-state index contributed by atoms with van der Waals surface area (Å²) >= 11 is 0. The minimum absolute atomic E-state index is 0.0259. The summed E-state index contributed by atoms with van der Waals surface area (Å²) in [4.78, 5) is 12.4. The Kier molecular flexibility index (Phi) is 3.36. The standard InChI is InChI=1S/C15H22O2Si/c1-5-17-14(16)15(18(2,3)4)11-13(15)12-9-7-6-8-10-12/h6-10,13H,5,11H2,1-4H3/t13-,15+/m1/s1. The molecule has 0 amide bonds. The van der Waals surface area contributed by atoms with E-state index in [1.807, 2.05) is 25.1 Å². The van der Waals surface area contributed by atoms with Gasteiger partial charge in [-0.3, -0.25) is 4.79 Å². The molecule has 0 aromatic heterocycles. The monoisotopic (exact) mass is 262 g/mol. The zero-order chi connectivity index (χ0) is 13.4. The average molecular weight is 262 g/mol. The van der Waals surface area contributed by atoms with Gasteiger partial charge in [0.1, 0.15) is 0 Å². The molecule has 0 heterocycles.